The first kappa shape index (κ1) is 6.31. The molecular weight excluding hydrogens is 128 g/mol. The van der Waals surface area contributed by atoms with Crippen molar-refractivity contribution >= 4 is 5.78 Å². The van der Waals surface area contributed by atoms with Crippen molar-refractivity contribution < 1.29 is 4.79 Å². The lowest BCUT2D eigenvalue weighted by atomic mass is 10.2. The topological polar surface area (TPSA) is 32.3 Å². The number of piperazine rings is 1. The van der Waals surface area contributed by atoms with Gasteiger partial charge in [-0.25, -0.2) is 0 Å². The van der Waals surface area contributed by atoms with Gasteiger partial charge in [0.25, 0.3) is 0 Å². The Morgan fingerprint density at radius 3 is 3.30 bits per heavy atom. The number of hydrogen-bond acceptors (Lipinski definition) is 3. The Morgan fingerprint density at radius 1 is 1.60 bits per heavy atom. The molecule has 56 valence electrons. The van der Waals surface area contributed by atoms with E-state index < -0.39 is 0 Å². The molecule has 0 amide bonds. The first-order chi connectivity index (χ1) is 4.86. The lowest BCUT2D eigenvalue weighted by Crippen LogP contribution is -2.47. The molecule has 1 N–H and O–H groups in total. The smallest absolute Gasteiger partial charge is 0.148 e. The van der Waals surface area contributed by atoms with Crippen LogP contribution in [0.25, 0.3) is 0 Å². The van der Waals surface area contributed by atoms with Crippen LogP contribution in [0.5, 0.6) is 0 Å². The molecule has 10 heavy (non-hydrogen) atoms. The molecule has 2 heterocycles. The fraction of sp³-hybridized carbons (Fsp3) is 0.857. The highest BCUT2D eigenvalue weighted by Gasteiger charge is 2.31. The van der Waals surface area contributed by atoms with E-state index in [0.29, 0.717) is 18.4 Å². The number of nitrogens with one attached hydrogen (secondary N) is 1. The molecule has 2 fully saturated rings. The minimum atomic E-state index is 0.411. The number of Topliss-reactive ketones (excluding diaryl/α,β-unsaturated/α-hetero) is 1. The maximum atomic E-state index is 10.9. The molecule has 2 rings (SSSR count). The molecule has 2 aliphatic rings. The standard InChI is InChI=1S/C7H12N2O/c10-7-3-6-4-8-1-2-9(6)5-7/h6,8H,1-5H2/t6-/m0/s1. The van der Waals surface area contributed by atoms with Crippen molar-refractivity contribution in [3.63, 3.8) is 0 Å². The molecule has 0 aromatic rings. The second kappa shape index (κ2) is 2.32. The Labute approximate surface area is 60.4 Å². The lowest BCUT2D eigenvalue weighted by Gasteiger charge is -2.28. The zero-order chi connectivity index (χ0) is 6.97. The molecule has 0 radical (unpaired) electrons. The summed E-state index contributed by atoms with van der Waals surface area (Å²) in [5.74, 6) is 0.411. The first-order valence-corrected chi connectivity index (χ1v) is 3.83. The van der Waals surface area contributed by atoms with Crippen LogP contribution in [0.1, 0.15) is 6.42 Å². The van der Waals surface area contributed by atoms with Crippen LogP contribution in [-0.4, -0.2) is 42.9 Å². The minimum Gasteiger partial charge on any atom is -0.314 e. The number of carbonyl (C=O) groups is 1. The van der Waals surface area contributed by atoms with E-state index in [9.17, 15) is 4.79 Å². The highest BCUT2D eigenvalue weighted by Crippen LogP contribution is 2.14. The third kappa shape index (κ3) is 0.954. The Morgan fingerprint density at radius 2 is 2.50 bits per heavy atom. The number of nitrogens with zero attached hydrogens (tertiary/aromatic N) is 1. The lowest BCUT2D eigenvalue weighted by molar-refractivity contribution is -0.116. The molecule has 0 aromatic carbocycles. The number of rotatable bonds is 0. The largest absolute Gasteiger partial charge is 0.314 e. The maximum absolute atomic E-state index is 10.9. The van der Waals surface area contributed by atoms with Crippen LogP contribution in [0.2, 0.25) is 0 Å². The zero-order valence-corrected chi connectivity index (χ0v) is 5.97. The van der Waals surface area contributed by atoms with Gasteiger partial charge in [0.2, 0.25) is 0 Å². The van der Waals surface area contributed by atoms with Crippen molar-refractivity contribution in [2.45, 2.75) is 12.5 Å². The molecule has 0 spiro atoms. The normalized spacial score (nSPS) is 34.4. The number of ketones is 1. The van der Waals surface area contributed by atoms with Crippen molar-refractivity contribution in [2.24, 2.45) is 0 Å². The highest BCUT2D eigenvalue weighted by atomic mass is 16.1. The summed E-state index contributed by atoms with van der Waals surface area (Å²) in [7, 11) is 0. The van der Waals surface area contributed by atoms with Gasteiger partial charge in [-0.15, -0.1) is 0 Å². The van der Waals surface area contributed by atoms with Gasteiger partial charge in [-0.05, 0) is 0 Å². The van der Waals surface area contributed by atoms with E-state index in [-0.39, 0.29) is 0 Å². The predicted octanol–water partition coefficient (Wildman–Crippen LogP) is -0.767. The molecular formula is C7H12N2O. The van der Waals surface area contributed by atoms with Crippen LogP contribution in [0.4, 0.5) is 0 Å². The van der Waals surface area contributed by atoms with Gasteiger partial charge >= 0.3 is 0 Å². The Bertz CT molecular complexity index is 142. The monoisotopic (exact) mass is 140 g/mol. The van der Waals surface area contributed by atoms with Crippen LogP contribution in [0, 0.1) is 0 Å². The summed E-state index contributed by atoms with van der Waals surface area (Å²) in [6, 6.07) is 0.515. The van der Waals surface area contributed by atoms with E-state index in [1.807, 2.05) is 0 Å². The van der Waals surface area contributed by atoms with Crippen LogP contribution in [0.3, 0.4) is 0 Å². The van der Waals surface area contributed by atoms with Gasteiger partial charge in [0.05, 0.1) is 6.54 Å². The number of carbonyl (C=O) groups excluding carboxylic acids is 1. The Kier molecular flexibility index (Phi) is 1.47. The summed E-state index contributed by atoms with van der Waals surface area (Å²) < 4.78 is 0. The van der Waals surface area contributed by atoms with Gasteiger partial charge in [-0.3, -0.25) is 9.69 Å². The van der Waals surface area contributed by atoms with Crippen LogP contribution in [-0.2, 0) is 4.79 Å². The summed E-state index contributed by atoms with van der Waals surface area (Å²) in [4.78, 5) is 13.2. The summed E-state index contributed by atoms with van der Waals surface area (Å²) in [6.07, 6.45) is 0.771. The van der Waals surface area contributed by atoms with Gasteiger partial charge in [0.15, 0.2) is 0 Å². The van der Waals surface area contributed by atoms with Crippen LogP contribution < -0.4 is 5.32 Å². The second-order valence-electron chi connectivity index (χ2n) is 3.07. The molecule has 0 bridgehead atoms. The van der Waals surface area contributed by atoms with Crippen molar-refractivity contribution in [1.82, 2.24) is 10.2 Å². The van der Waals surface area contributed by atoms with E-state index in [0.717, 1.165) is 26.1 Å². The summed E-state index contributed by atoms with van der Waals surface area (Å²) in [5.41, 5.74) is 0. The van der Waals surface area contributed by atoms with Crippen molar-refractivity contribution in [2.75, 3.05) is 26.2 Å². The summed E-state index contributed by atoms with van der Waals surface area (Å²) in [6.45, 7) is 3.80. The van der Waals surface area contributed by atoms with E-state index in [4.69, 9.17) is 0 Å². The second-order valence-corrected chi connectivity index (χ2v) is 3.07. The van der Waals surface area contributed by atoms with Gasteiger partial charge in [0, 0.05) is 32.1 Å². The fourth-order valence-electron chi connectivity index (χ4n) is 1.77. The first-order valence-electron chi connectivity index (χ1n) is 3.83. The van der Waals surface area contributed by atoms with Gasteiger partial charge < -0.3 is 5.32 Å². The molecule has 2 saturated heterocycles. The number of fused-ring (bicyclic) bond motifs is 1. The molecule has 1 atom stereocenters. The van der Waals surface area contributed by atoms with Crippen molar-refractivity contribution in [3.05, 3.63) is 0 Å². The average molecular weight is 140 g/mol. The van der Waals surface area contributed by atoms with E-state index >= 15 is 0 Å². The SMILES string of the molecule is O=C1C[C@H]2CNCCN2C1. The van der Waals surface area contributed by atoms with Gasteiger partial charge in [-0.1, -0.05) is 0 Å². The Hall–Kier alpha value is -0.410. The third-order valence-corrected chi connectivity index (χ3v) is 2.31. The molecule has 2 aliphatic heterocycles. The predicted molar refractivity (Wildman–Crippen MR) is 37.9 cm³/mol. The van der Waals surface area contributed by atoms with Gasteiger partial charge in [-0.2, -0.15) is 0 Å². The third-order valence-electron chi connectivity index (χ3n) is 2.31. The Balaban J connectivity index is 2.04. The van der Waals surface area contributed by atoms with E-state index in [2.05, 4.69) is 10.2 Å². The van der Waals surface area contributed by atoms with Crippen LogP contribution in [0.15, 0.2) is 0 Å². The molecule has 0 unspecified atom stereocenters. The quantitative estimate of drug-likeness (QED) is 0.479. The van der Waals surface area contributed by atoms with Crippen molar-refractivity contribution in [1.29, 1.82) is 0 Å². The maximum Gasteiger partial charge on any atom is 0.148 e. The van der Waals surface area contributed by atoms with Gasteiger partial charge in [0.1, 0.15) is 5.78 Å². The summed E-state index contributed by atoms with van der Waals surface area (Å²) >= 11 is 0. The molecule has 3 heteroatoms. The fourth-order valence-corrected chi connectivity index (χ4v) is 1.77. The van der Waals surface area contributed by atoms with Crippen LogP contribution >= 0.6 is 0 Å². The molecule has 0 aromatic heterocycles. The minimum absolute atomic E-state index is 0.411. The molecule has 0 aliphatic carbocycles. The van der Waals surface area contributed by atoms with E-state index in [1.54, 1.807) is 0 Å². The number of hydrogen-bond donors (Lipinski definition) is 1. The highest BCUT2D eigenvalue weighted by molar-refractivity contribution is 5.83. The zero-order valence-electron chi connectivity index (χ0n) is 5.97. The molecule has 0 saturated carbocycles. The molecule has 3 nitrogen and oxygen atoms in total. The van der Waals surface area contributed by atoms with Crippen molar-refractivity contribution in [3.8, 4) is 0 Å². The van der Waals surface area contributed by atoms with E-state index in [1.165, 1.54) is 0 Å². The summed E-state index contributed by atoms with van der Waals surface area (Å²) in [5, 5.41) is 3.28. The average Bonchev–Trinajstić information content (AvgIpc) is 2.27.